The van der Waals surface area contributed by atoms with Gasteiger partial charge in [0.25, 0.3) is 0 Å². The molecule has 4 rings (SSSR count). The third-order valence-corrected chi connectivity index (χ3v) is 4.82. The van der Waals surface area contributed by atoms with Crippen LogP contribution in [0.3, 0.4) is 0 Å². The highest BCUT2D eigenvalue weighted by atomic mass is 16.3. The fourth-order valence-electron chi connectivity index (χ4n) is 3.78. The highest BCUT2D eigenvalue weighted by Crippen LogP contribution is 2.35. The highest BCUT2D eigenvalue weighted by molar-refractivity contribution is 6.19. The second-order valence-corrected chi connectivity index (χ2v) is 6.20. The minimum Gasteiger partial charge on any atom is -0.396 e. The van der Waals surface area contributed by atoms with E-state index >= 15 is 0 Å². The monoisotopic (exact) mass is 316 g/mol. The van der Waals surface area contributed by atoms with Crippen molar-refractivity contribution in [3.8, 4) is 0 Å². The Morgan fingerprint density at radius 3 is 2.08 bits per heavy atom. The van der Waals surface area contributed by atoms with E-state index in [2.05, 4.69) is 60.7 Å². The first-order valence-electron chi connectivity index (χ1n) is 8.40. The Morgan fingerprint density at radius 1 is 0.583 bits per heavy atom. The number of hydrogen-bond donors (Lipinski definition) is 2. The quantitative estimate of drug-likeness (QED) is 0.554. The van der Waals surface area contributed by atoms with Gasteiger partial charge in [-0.1, -0.05) is 60.7 Å². The Kier molecular flexibility index (Phi) is 3.93. The van der Waals surface area contributed by atoms with E-state index in [1.807, 2.05) is 0 Å². The molecule has 0 amide bonds. The smallest absolute Gasteiger partial charge is 0.0471 e. The van der Waals surface area contributed by atoms with Gasteiger partial charge >= 0.3 is 0 Å². The second kappa shape index (κ2) is 6.23. The molecule has 0 atom stereocenters. The van der Waals surface area contributed by atoms with Gasteiger partial charge < -0.3 is 10.2 Å². The zero-order valence-electron chi connectivity index (χ0n) is 13.5. The molecule has 0 bridgehead atoms. The molecular weight excluding hydrogens is 296 g/mol. The number of aliphatic hydroxyl groups is 2. The maximum Gasteiger partial charge on any atom is 0.0471 e. The van der Waals surface area contributed by atoms with Crippen molar-refractivity contribution < 1.29 is 10.2 Å². The van der Waals surface area contributed by atoms with Crippen molar-refractivity contribution in [2.45, 2.75) is 12.8 Å². The topological polar surface area (TPSA) is 40.5 Å². The Balaban J connectivity index is 2.18. The molecule has 120 valence electrons. The summed E-state index contributed by atoms with van der Waals surface area (Å²) in [7, 11) is 0. The normalized spacial score (nSPS) is 11.6. The molecule has 4 aromatic rings. The molecule has 0 aromatic heterocycles. The predicted octanol–water partition coefficient (Wildman–Crippen LogP) is 4.22. The van der Waals surface area contributed by atoms with Gasteiger partial charge in [-0.25, -0.2) is 0 Å². The summed E-state index contributed by atoms with van der Waals surface area (Å²) >= 11 is 0. The van der Waals surface area contributed by atoms with Gasteiger partial charge in [-0.2, -0.15) is 0 Å². The van der Waals surface area contributed by atoms with Gasteiger partial charge in [0.1, 0.15) is 0 Å². The number of hydrogen-bond acceptors (Lipinski definition) is 2. The highest BCUT2D eigenvalue weighted by Gasteiger charge is 2.11. The first-order valence-corrected chi connectivity index (χ1v) is 8.40. The van der Waals surface area contributed by atoms with Crippen LogP contribution >= 0.6 is 0 Å². The second-order valence-electron chi connectivity index (χ2n) is 6.20. The molecule has 0 spiro atoms. The maximum absolute atomic E-state index is 9.53. The summed E-state index contributed by atoms with van der Waals surface area (Å²) in [6, 6.07) is 21.2. The first kappa shape index (κ1) is 15.1. The van der Waals surface area contributed by atoms with Crippen LogP contribution in [0.5, 0.6) is 0 Å². The lowest BCUT2D eigenvalue weighted by molar-refractivity contribution is 0.300. The molecule has 0 aliphatic heterocycles. The van der Waals surface area contributed by atoms with E-state index in [4.69, 9.17) is 0 Å². The Morgan fingerprint density at radius 2 is 1.25 bits per heavy atom. The zero-order chi connectivity index (χ0) is 16.5. The van der Waals surface area contributed by atoms with Gasteiger partial charge in [0, 0.05) is 13.2 Å². The summed E-state index contributed by atoms with van der Waals surface area (Å²) in [6.07, 6.45) is 1.30. The van der Waals surface area contributed by atoms with Gasteiger partial charge in [0.05, 0.1) is 0 Å². The minimum absolute atomic E-state index is 0.139. The molecular formula is C22H20O2. The summed E-state index contributed by atoms with van der Waals surface area (Å²) in [5.41, 5.74) is 2.35. The van der Waals surface area contributed by atoms with Gasteiger partial charge in [-0.05, 0) is 56.3 Å². The number of benzene rings is 4. The fourth-order valence-corrected chi connectivity index (χ4v) is 3.78. The maximum atomic E-state index is 9.53. The number of aliphatic hydroxyl groups excluding tert-OH is 2. The SMILES string of the molecule is OCCc1cccc2c1ccc1c3ccccc3cc(CCO)c21. The van der Waals surface area contributed by atoms with Crippen molar-refractivity contribution in [2.24, 2.45) is 0 Å². The van der Waals surface area contributed by atoms with Gasteiger partial charge in [-0.3, -0.25) is 0 Å². The van der Waals surface area contributed by atoms with E-state index in [1.165, 1.54) is 43.4 Å². The van der Waals surface area contributed by atoms with Gasteiger partial charge in [0.2, 0.25) is 0 Å². The third kappa shape index (κ3) is 2.35. The lowest BCUT2D eigenvalue weighted by Crippen LogP contribution is -1.96. The summed E-state index contributed by atoms with van der Waals surface area (Å²) in [6.45, 7) is 0.290. The van der Waals surface area contributed by atoms with Crippen LogP contribution in [0.25, 0.3) is 32.3 Å². The fraction of sp³-hybridized carbons (Fsp3) is 0.182. The average molecular weight is 316 g/mol. The summed E-state index contributed by atoms with van der Waals surface area (Å²) < 4.78 is 0. The van der Waals surface area contributed by atoms with Crippen LogP contribution in [0.15, 0.2) is 60.7 Å². The van der Waals surface area contributed by atoms with Crippen LogP contribution in [0, 0.1) is 0 Å². The molecule has 0 fully saturated rings. The van der Waals surface area contributed by atoms with Crippen molar-refractivity contribution >= 4 is 32.3 Å². The molecule has 0 saturated carbocycles. The summed E-state index contributed by atoms with van der Waals surface area (Å²) in [5, 5.41) is 26.2. The third-order valence-electron chi connectivity index (χ3n) is 4.82. The lowest BCUT2D eigenvalue weighted by Gasteiger charge is -2.14. The summed E-state index contributed by atoms with van der Waals surface area (Å²) in [5.74, 6) is 0. The van der Waals surface area contributed by atoms with Crippen LogP contribution in [0.2, 0.25) is 0 Å². The Hall–Kier alpha value is -2.42. The van der Waals surface area contributed by atoms with E-state index in [0.29, 0.717) is 12.8 Å². The van der Waals surface area contributed by atoms with Crippen molar-refractivity contribution in [3.05, 3.63) is 71.8 Å². The van der Waals surface area contributed by atoms with E-state index in [9.17, 15) is 10.2 Å². The predicted molar refractivity (Wildman–Crippen MR) is 101 cm³/mol. The van der Waals surface area contributed by atoms with E-state index in [0.717, 1.165) is 0 Å². The molecule has 4 aromatic carbocycles. The number of fused-ring (bicyclic) bond motifs is 5. The lowest BCUT2D eigenvalue weighted by atomic mass is 9.90. The van der Waals surface area contributed by atoms with Crippen LogP contribution in [0.1, 0.15) is 11.1 Å². The molecule has 2 heteroatoms. The molecule has 2 nitrogen and oxygen atoms in total. The van der Waals surface area contributed by atoms with E-state index in [-0.39, 0.29) is 13.2 Å². The molecule has 0 aliphatic carbocycles. The number of rotatable bonds is 4. The van der Waals surface area contributed by atoms with Crippen LogP contribution in [-0.2, 0) is 12.8 Å². The molecule has 0 radical (unpaired) electrons. The van der Waals surface area contributed by atoms with Crippen LogP contribution < -0.4 is 0 Å². The Bertz CT molecular complexity index is 1030. The van der Waals surface area contributed by atoms with Crippen LogP contribution in [0.4, 0.5) is 0 Å². The minimum atomic E-state index is 0.139. The summed E-state index contributed by atoms with van der Waals surface area (Å²) in [4.78, 5) is 0. The van der Waals surface area contributed by atoms with Crippen molar-refractivity contribution in [2.75, 3.05) is 13.2 Å². The van der Waals surface area contributed by atoms with E-state index < -0.39 is 0 Å². The molecule has 0 saturated heterocycles. The van der Waals surface area contributed by atoms with Crippen molar-refractivity contribution in [3.63, 3.8) is 0 Å². The van der Waals surface area contributed by atoms with Crippen molar-refractivity contribution in [1.82, 2.24) is 0 Å². The van der Waals surface area contributed by atoms with E-state index in [1.54, 1.807) is 0 Å². The molecule has 0 unspecified atom stereocenters. The standard InChI is InChI=1S/C22H20O2/c23-12-10-15-5-3-7-20-19(15)8-9-21-18-6-2-1-4-16(18)14-17(11-13-24)22(20)21/h1-9,14,23-24H,10-13H2. The molecule has 24 heavy (non-hydrogen) atoms. The van der Waals surface area contributed by atoms with Gasteiger partial charge in [0.15, 0.2) is 0 Å². The molecule has 0 aliphatic rings. The first-order chi connectivity index (χ1) is 11.8. The average Bonchev–Trinajstić information content (AvgIpc) is 2.62. The molecule has 0 heterocycles. The molecule has 2 N–H and O–H groups in total. The van der Waals surface area contributed by atoms with Crippen LogP contribution in [-0.4, -0.2) is 23.4 Å². The van der Waals surface area contributed by atoms with Crippen molar-refractivity contribution in [1.29, 1.82) is 0 Å². The Labute approximate surface area is 141 Å². The zero-order valence-corrected chi connectivity index (χ0v) is 13.5. The largest absolute Gasteiger partial charge is 0.396 e. The van der Waals surface area contributed by atoms with Gasteiger partial charge in [-0.15, -0.1) is 0 Å².